The predicted molar refractivity (Wildman–Crippen MR) is 85.6 cm³/mol. The summed E-state index contributed by atoms with van der Waals surface area (Å²) in [6, 6.07) is 6.73. The third-order valence-corrected chi connectivity index (χ3v) is 3.79. The Morgan fingerprint density at radius 3 is 2.68 bits per heavy atom. The van der Waals surface area contributed by atoms with Gasteiger partial charge in [-0.25, -0.2) is 0 Å². The van der Waals surface area contributed by atoms with Crippen molar-refractivity contribution in [3.05, 3.63) is 53.2 Å². The van der Waals surface area contributed by atoms with Crippen molar-refractivity contribution in [1.29, 1.82) is 0 Å². The van der Waals surface area contributed by atoms with Crippen LogP contribution < -0.4 is 0 Å². The van der Waals surface area contributed by atoms with E-state index in [4.69, 9.17) is 0 Å². The van der Waals surface area contributed by atoms with Crippen LogP contribution in [0.4, 0.5) is 0 Å². The van der Waals surface area contributed by atoms with Gasteiger partial charge in [0.2, 0.25) is 0 Å². The smallest absolute Gasteiger partial charge is 0.0464 e. The molecule has 2 rings (SSSR count). The minimum absolute atomic E-state index is 0.561. The highest BCUT2D eigenvalue weighted by Crippen LogP contribution is 2.27. The number of H-pyrrole nitrogens is 1. The van der Waals surface area contributed by atoms with E-state index in [1.807, 2.05) is 6.08 Å². The Morgan fingerprint density at radius 1 is 1.37 bits per heavy atom. The van der Waals surface area contributed by atoms with Gasteiger partial charge in [-0.3, -0.25) is 0 Å². The molecular formula is C18H23N. The van der Waals surface area contributed by atoms with E-state index < -0.39 is 0 Å². The highest BCUT2D eigenvalue weighted by Gasteiger charge is 2.08. The minimum atomic E-state index is 0.561. The first-order valence-corrected chi connectivity index (χ1v) is 7.02. The van der Waals surface area contributed by atoms with Gasteiger partial charge in [0.1, 0.15) is 0 Å². The normalized spacial score (nSPS) is 12.4. The van der Waals surface area contributed by atoms with Gasteiger partial charge in [-0.2, -0.15) is 0 Å². The molecule has 0 saturated carbocycles. The quantitative estimate of drug-likeness (QED) is 0.685. The van der Waals surface area contributed by atoms with E-state index in [-0.39, 0.29) is 0 Å². The highest BCUT2D eigenvalue weighted by molar-refractivity contribution is 5.87. The maximum Gasteiger partial charge on any atom is 0.0464 e. The summed E-state index contributed by atoms with van der Waals surface area (Å²) in [7, 11) is 0. The molecule has 19 heavy (non-hydrogen) atoms. The molecule has 0 aliphatic carbocycles. The van der Waals surface area contributed by atoms with E-state index in [0.717, 1.165) is 6.42 Å². The van der Waals surface area contributed by atoms with Crippen molar-refractivity contribution in [3.63, 3.8) is 0 Å². The van der Waals surface area contributed by atoms with Gasteiger partial charge in [0.15, 0.2) is 0 Å². The molecule has 0 aliphatic rings. The van der Waals surface area contributed by atoms with Crippen LogP contribution in [0.25, 0.3) is 17.0 Å². The molecule has 0 fully saturated rings. The zero-order valence-electron chi connectivity index (χ0n) is 12.4. The maximum atomic E-state index is 3.87. The van der Waals surface area contributed by atoms with Crippen molar-refractivity contribution in [2.75, 3.05) is 0 Å². The summed E-state index contributed by atoms with van der Waals surface area (Å²) in [5.74, 6) is 0.561. The average molecular weight is 253 g/mol. The Balaban J connectivity index is 2.56. The fourth-order valence-electron chi connectivity index (χ4n) is 2.37. The van der Waals surface area contributed by atoms with Gasteiger partial charge in [0, 0.05) is 16.6 Å². The lowest BCUT2D eigenvalue weighted by Gasteiger charge is -2.04. The molecule has 1 aromatic carbocycles. The standard InChI is InChI=1S/C18H23N/c1-6-14(7-2)10-17-13(5)16-9-8-15(12(3)4)11-18(16)19-17/h6,8-12,19H,1,7H2,2-5H3/b14-10+. The zero-order valence-corrected chi connectivity index (χ0v) is 12.4. The number of nitrogens with one attached hydrogen (secondary N) is 1. The van der Waals surface area contributed by atoms with Gasteiger partial charge >= 0.3 is 0 Å². The minimum Gasteiger partial charge on any atom is -0.355 e. The topological polar surface area (TPSA) is 15.8 Å². The van der Waals surface area contributed by atoms with E-state index in [0.29, 0.717) is 5.92 Å². The first-order chi connectivity index (χ1) is 9.06. The van der Waals surface area contributed by atoms with Crippen LogP contribution in [-0.4, -0.2) is 4.98 Å². The first-order valence-electron chi connectivity index (χ1n) is 7.02. The molecule has 0 unspecified atom stereocenters. The van der Waals surface area contributed by atoms with Crippen LogP contribution in [0, 0.1) is 6.92 Å². The van der Waals surface area contributed by atoms with E-state index in [9.17, 15) is 0 Å². The van der Waals surface area contributed by atoms with E-state index in [1.165, 1.54) is 33.3 Å². The van der Waals surface area contributed by atoms with Crippen LogP contribution in [0.1, 0.15) is 49.9 Å². The summed E-state index contributed by atoms with van der Waals surface area (Å²) in [6.45, 7) is 12.7. The number of aromatic amines is 1. The number of fused-ring (bicyclic) bond motifs is 1. The fraction of sp³-hybridized carbons (Fsp3) is 0.333. The molecule has 0 spiro atoms. The summed E-state index contributed by atoms with van der Waals surface area (Å²) < 4.78 is 0. The van der Waals surface area contributed by atoms with Crippen LogP contribution in [0.3, 0.4) is 0 Å². The predicted octanol–water partition coefficient (Wildman–Crippen LogP) is 5.58. The van der Waals surface area contributed by atoms with Crippen molar-refractivity contribution in [3.8, 4) is 0 Å². The Labute approximate surface area is 116 Å². The van der Waals surface area contributed by atoms with E-state index in [2.05, 4.69) is 63.5 Å². The van der Waals surface area contributed by atoms with Crippen molar-refractivity contribution in [2.24, 2.45) is 0 Å². The van der Waals surface area contributed by atoms with Crippen molar-refractivity contribution in [1.82, 2.24) is 4.98 Å². The lowest BCUT2D eigenvalue weighted by Crippen LogP contribution is -1.85. The van der Waals surface area contributed by atoms with Gasteiger partial charge in [0.05, 0.1) is 0 Å². The molecule has 2 aromatic rings. The zero-order chi connectivity index (χ0) is 14.0. The summed E-state index contributed by atoms with van der Waals surface area (Å²) in [5.41, 5.74) is 6.39. The number of allylic oxidation sites excluding steroid dienone is 2. The number of rotatable bonds is 4. The Hall–Kier alpha value is -1.76. The summed E-state index contributed by atoms with van der Waals surface area (Å²) in [5, 5.41) is 1.31. The van der Waals surface area contributed by atoms with Crippen molar-refractivity contribution >= 4 is 17.0 Å². The second-order valence-electron chi connectivity index (χ2n) is 5.40. The molecule has 0 amide bonds. The van der Waals surface area contributed by atoms with Crippen molar-refractivity contribution < 1.29 is 0 Å². The summed E-state index contributed by atoms with van der Waals surface area (Å²) >= 11 is 0. The molecule has 0 bridgehead atoms. The third kappa shape index (κ3) is 2.65. The van der Waals surface area contributed by atoms with Crippen LogP contribution in [0.15, 0.2) is 36.4 Å². The SMILES string of the molecule is C=C/C(=C\c1[nH]c2cc(C(C)C)ccc2c1C)CC. The molecule has 1 heterocycles. The maximum absolute atomic E-state index is 3.87. The number of hydrogen-bond acceptors (Lipinski definition) is 0. The van der Waals surface area contributed by atoms with E-state index in [1.54, 1.807) is 0 Å². The number of hydrogen-bond donors (Lipinski definition) is 1. The molecular weight excluding hydrogens is 230 g/mol. The van der Waals surface area contributed by atoms with E-state index >= 15 is 0 Å². The molecule has 100 valence electrons. The molecule has 1 nitrogen and oxygen atoms in total. The largest absolute Gasteiger partial charge is 0.355 e. The summed E-state index contributed by atoms with van der Waals surface area (Å²) in [6.07, 6.45) is 5.15. The monoisotopic (exact) mass is 253 g/mol. The Bertz CT molecular complexity index is 626. The number of benzene rings is 1. The molecule has 0 aliphatic heterocycles. The second-order valence-corrected chi connectivity index (χ2v) is 5.40. The fourth-order valence-corrected chi connectivity index (χ4v) is 2.37. The van der Waals surface area contributed by atoms with Crippen LogP contribution in [0.5, 0.6) is 0 Å². The average Bonchev–Trinajstić information content (AvgIpc) is 2.72. The van der Waals surface area contributed by atoms with Crippen LogP contribution in [-0.2, 0) is 0 Å². The Morgan fingerprint density at radius 2 is 2.11 bits per heavy atom. The third-order valence-electron chi connectivity index (χ3n) is 3.79. The molecule has 1 aromatic heterocycles. The lowest BCUT2D eigenvalue weighted by molar-refractivity contribution is 0.868. The molecule has 0 radical (unpaired) electrons. The van der Waals surface area contributed by atoms with Gasteiger partial charge in [-0.05, 0) is 48.1 Å². The van der Waals surface area contributed by atoms with Crippen LogP contribution >= 0.6 is 0 Å². The van der Waals surface area contributed by atoms with Gasteiger partial charge in [-0.1, -0.05) is 45.6 Å². The highest BCUT2D eigenvalue weighted by atomic mass is 14.7. The molecule has 0 saturated heterocycles. The van der Waals surface area contributed by atoms with Crippen molar-refractivity contribution in [2.45, 2.75) is 40.0 Å². The van der Waals surface area contributed by atoms with Crippen LogP contribution in [0.2, 0.25) is 0 Å². The molecule has 0 atom stereocenters. The Kier molecular flexibility index (Phi) is 3.94. The van der Waals surface area contributed by atoms with Gasteiger partial charge in [-0.15, -0.1) is 0 Å². The van der Waals surface area contributed by atoms with Gasteiger partial charge < -0.3 is 4.98 Å². The first kappa shape index (κ1) is 13.7. The molecule has 1 heteroatoms. The lowest BCUT2D eigenvalue weighted by atomic mass is 10.0. The second kappa shape index (κ2) is 5.48. The molecule has 1 N–H and O–H groups in total. The number of aryl methyl sites for hydroxylation is 1. The van der Waals surface area contributed by atoms with Gasteiger partial charge in [0.25, 0.3) is 0 Å². The number of aromatic nitrogens is 1. The summed E-state index contributed by atoms with van der Waals surface area (Å²) in [4.78, 5) is 3.53.